The Morgan fingerprint density at radius 1 is 1.17 bits per heavy atom. The summed E-state index contributed by atoms with van der Waals surface area (Å²) in [6.07, 6.45) is 0. The zero-order valence-electron chi connectivity index (χ0n) is 11.1. The average molecular weight is 245 g/mol. The Hall–Kier alpha value is -1.91. The van der Waals surface area contributed by atoms with Crippen molar-refractivity contribution in [2.75, 3.05) is 20.8 Å². The van der Waals surface area contributed by atoms with E-state index in [2.05, 4.69) is 4.98 Å². The maximum atomic E-state index is 5.45. The highest BCUT2D eigenvalue weighted by Crippen LogP contribution is 2.29. The maximum absolute atomic E-state index is 5.45. The summed E-state index contributed by atoms with van der Waals surface area (Å²) in [5.74, 6) is 2.14. The molecule has 94 valence electrons. The molecular weight excluding hydrogens is 229 g/mol. The second-order valence-electron chi connectivity index (χ2n) is 3.88. The van der Waals surface area contributed by atoms with Crippen LogP contribution in [-0.2, 0) is 0 Å². The van der Waals surface area contributed by atoms with E-state index in [4.69, 9.17) is 14.2 Å². The van der Waals surface area contributed by atoms with Crippen LogP contribution in [-0.4, -0.2) is 33.7 Å². The van der Waals surface area contributed by atoms with Crippen molar-refractivity contribution in [3.05, 3.63) is 18.2 Å². The number of fused-ring (bicyclic) bond motifs is 1. The molecule has 5 heteroatoms. The number of aromatic nitrogens is 1. The maximum Gasteiger partial charge on any atom is 0.217 e. The van der Waals surface area contributed by atoms with Gasteiger partial charge in [-0.1, -0.05) is 0 Å². The number of benzene rings is 1. The highest BCUT2D eigenvalue weighted by Gasteiger charge is 2.11. The topological polar surface area (TPSA) is 40.6 Å². The predicted octanol–water partition coefficient (Wildman–Crippen LogP) is 0.909. The van der Waals surface area contributed by atoms with Gasteiger partial charge < -0.3 is 14.2 Å². The molecule has 0 atom stereocenters. The number of hydrogen-bond acceptors (Lipinski definition) is 4. The van der Waals surface area contributed by atoms with Crippen LogP contribution in [0.15, 0.2) is 18.2 Å². The van der Waals surface area contributed by atoms with Crippen LogP contribution in [0.1, 0.15) is 6.92 Å². The third-order valence-corrected chi connectivity index (χ3v) is 2.86. The lowest BCUT2D eigenvalue weighted by molar-refractivity contribution is 0.324. The molecule has 0 N–H and O–H groups in total. The van der Waals surface area contributed by atoms with Crippen molar-refractivity contribution in [2.45, 2.75) is 6.92 Å². The summed E-state index contributed by atoms with van der Waals surface area (Å²) in [6, 6.07) is 5.67. The fourth-order valence-electron chi connectivity index (χ4n) is 1.97. The third-order valence-electron chi connectivity index (χ3n) is 2.86. The molecular formula is C13H16BNO3. The Morgan fingerprint density at radius 2 is 1.89 bits per heavy atom. The monoisotopic (exact) mass is 245 g/mol. The summed E-state index contributed by atoms with van der Waals surface area (Å²) in [4.78, 5) is 4.50. The molecule has 0 bridgehead atoms. The molecule has 1 heterocycles. The van der Waals surface area contributed by atoms with Crippen molar-refractivity contribution in [3.8, 4) is 17.4 Å². The summed E-state index contributed by atoms with van der Waals surface area (Å²) in [6.45, 7) is 2.50. The van der Waals surface area contributed by atoms with Gasteiger partial charge in [-0.2, -0.15) is 0 Å². The van der Waals surface area contributed by atoms with Crippen molar-refractivity contribution in [2.24, 2.45) is 0 Å². The van der Waals surface area contributed by atoms with Gasteiger partial charge >= 0.3 is 0 Å². The number of hydrogen-bond donors (Lipinski definition) is 0. The first-order chi connectivity index (χ1) is 8.71. The van der Waals surface area contributed by atoms with Crippen molar-refractivity contribution < 1.29 is 14.2 Å². The van der Waals surface area contributed by atoms with E-state index in [0.29, 0.717) is 12.5 Å². The van der Waals surface area contributed by atoms with E-state index in [1.807, 2.05) is 26.9 Å². The minimum Gasteiger partial charge on any atom is -0.497 e. The molecule has 0 aliphatic carbocycles. The lowest BCUT2D eigenvalue weighted by Crippen LogP contribution is -2.11. The molecule has 0 unspecified atom stereocenters. The van der Waals surface area contributed by atoms with Gasteiger partial charge in [0.15, 0.2) is 0 Å². The molecule has 4 nitrogen and oxygen atoms in total. The largest absolute Gasteiger partial charge is 0.497 e. The normalized spacial score (nSPS) is 10.4. The molecule has 2 rings (SSSR count). The van der Waals surface area contributed by atoms with Crippen LogP contribution in [0.4, 0.5) is 0 Å². The molecule has 0 saturated heterocycles. The molecule has 0 radical (unpaired) electrons. The minimum absolute atomic E-state index is 0.568. The second kappa shape index (κ2) is 5.17. The van der Waals surface area contributed by atoms with Crippen LogP contribution < -0.4 is 19.7 Å². The number of ether oxygens (including phenoxy) is 3. The summed E-state index contributed by atoms with van der Waals surface area (Å²) in [5.41, 5.74) is 1.83. The molecule has 0 spiro atoms. The molecule has 0 amide bonds. The van der Waals surface area contributed by atoms with Gasteiger partial charge in [-0.05, 0) is 24.5 Å². The molecule has 1 aromatic carbocycles. The highest BCUT2D eigenvalue weighted by molar-refractivity contribution is 6.40. The predicted molar refractivity (Wildman–Crippen MR) is 74.2 cm³/mol. The van der Waals surface area contributed by atoms with Gasteiger partial charge in [0.05, 0.1) is 26.3 Å². The molecule has 0 saturated carbocycles. The van der Waals surface area contributed by atoms with Gasteiger partial charge in [-0.3, -0.25) is 0 Å². The smallest absolute Gasteiger partial charge is 0.217 e. The van der Waals surface area contributed by atoms with Crippen LogP contribution in [0.2, 0.25) is 0 Å². The van der Waals surface area contributed by atoms with E-state index >= 15 is 0 Å². The van der Waals surface area contributed by atoms with Gasteiger partial charge in [0.1, 0.15) is 19.3 Å². The first kappa shape index (κ1) is 12.5. The van der Waals surface area contributed by atoms with Crippen LogP contribution in [0.3, 0.4) is 0 Å². The quantitative estimate of drug-likeness (QED) is 0.750. The van der Waals surface area contributed by atoms with Gasteiger partial charge in [0.2, 0.25) is 5.88 Å². The Kier molecular flexibility index (Phi) is 3.60. The van der Waals surface area contributed by atoms with Crippen LogP contribution in [0.25, 0.3) is 10.9 Å². The minimum atomic E-state index is 0.568. The van der Waals surface area contributed by atoms with Crippen LogP contribution in [0, 0.1) is 0 Å². The molecule has 1 aromatic heterocycles. The van der Waals surface area contributed by atoms with Crippen molar-refractivity contribution >= 4 is 24.2 Å². The van der Waals surface area contributed by atoms with Gasteiger partial charge in [0, 0.05) is 11.5 Å². The summed E-state index contributed by atoms with van der Waals surface area (Å²) in [5, 5.41) is 0.958. The van der Waals surface area contributed by atoms with Gasteiger partial charge in [-0.15, -0.1) is 0 Å². The molecule has 2 aromatic rings. The molecule has 0 aliphatic heterocycles. The number of rotatable bonds is 4. The van der Waals surface area contributed by atoms with E-state index in [1.165, 1.54) is 0 Å². The summed E-state index contributed by atoms with van der Waals surface area (Å²) >= 11 is 0. The zero-order chi connectivity index (χ0) is 13.1. The standard InChI is InChI=1S/C13H16BNO3/c1-4-18-11-7-10(17-3)8-5-6-9(16-2)12(14)13(8)15-11/h5-7H,4,14H2,1-3H3. The zero-order valence-corrected chi connectivity index (χ0v) is 11.1. The first-order valence-electron chi connectivity index (χ1n) is 5.86. The van der Waals surface area contributed by atoms with E-state index < -0.39 is 0 Å². The Bertz CT molecular complexity index is 572. The van der Waals surface area contributed by atoms with Crippen molar-refractivity contribution in [1.82, 2.24) is 4.98 Å². The van der Waals surface area contributed by atoms with E-state index in [1.54, 1.807) is 20.3 Å². The highest BCUT2D eigenvalue weighted by atomic mass is 16.5. The summed E-state index contributed by atoms with van der Waals surface area (Å²) < 4.78 is 16.1. The lowest BCUT2D eigenvalue weighted by atomic mass is 9.91. The van der Waals surface area contributed by atoms with E-state index in [9.17, 15) is 0 Å². The van der Waals surface area contributed by atoms with Crippen LogP contribution >= 0.6 is 0 Å². The second-order valence-corrected chi connectivity index (χ2v) is 3.88. The Labute approximate surface area is 107 Å². The lowest BCUT2D eigenvalue weighted by Gasteiger charge is -2.12. The van der Waals surface area contributed by atoms with E-state index in [0.717, 1.165) is 27.9 Å². The van der Waals surface area contributed by atoms with Gasteiger partial charge in [-0.25, -0.2) is 4.98 Å². The first-order valence-corrected chi connectivity index (χ1v) is 5.86. The molecule has 0 aliphatic rings. The van der Waals surface area contributed by atoms with Crippen molar-refractivity contribution in [3.63, 3.8) is 0 Å². The Balaban J connectivity index is 2.71. The summed E-state index contributed by atoms with van der Waals surface area (Å²) in [7, 11) is 5.27. The number of nitrogens with zero attached hydrogens (tertiary/aromatic N) is 1. The SMILES string of the molecule is Bc1c(OC)ccc2c(OC)cc(OCC)nc12. The number of pyridine rings is 1. The molecule has 18 heavy (non-hydrogen) atoms. The fourth-order valence-corrected chi connectivity index (χ4v) is 1.97. The molecule has 0 fully saturated rings. The Morgan fingerprint density at radius 3 is 2.50 bits per heavy atom. The fraction of sp³-hybridized carbons (Fsp3) is 0.308. The van der Waals surface area contributed by atoms with Gasteiger partial charge in [0.25, 0.3) is 0 Å². The third kappa shape index (κ3) is 2.08. The number of methoxy groups -OCH3 is 2. The van der Waals surface area contributed by atoms with E-state index in [-0.39, 0.29) is 0 Å². The average Bonchev–Trinajstić information content (AvgIpc) is 2.39. The van der Waals surface area contributed by atoms with Crippen molar-refractivity contribution in [1.29, 1.82) is 0 Å². The van der Waals surface area contributed by atoms with Crippen LogP contribution in [0.5, 0.6) is 17.4 Å².